The Hall–Kier alpha value is -4.20. The lowest BCUT2D eigenvalue weighted by atomic mass is 9.87. The molecule has 2 aromatic heterocycles. The molecule has 2 heterocycles. The number of nitrogens with zero attached hydrogens (tertiary/aromatic N) is 2. The van der Waals surface area contributed by atoms with Gasteiger partial charge >= 0.3 is 0 Å². The first-order valence-corrected chi connectivity index (χ1v) is 11.3. The van der Waals surface area contributed by atoms with E-state index in [2.05, 4.69) is 0 Å². The Morgan fingerprint density at radius 1 is 0.829 bits per heavy atom. The van der Waals surface area contributed by atoms with Crippen LogP contribution >= 0.6 is 0 Å². The highest BCUT2D eigenvalue weighted by Crippen LogP contribution is 2.49. The normalized spacial score (nSPS) is 13.3. The molecule has 5 N–H and O–H groups in total. The number of fused-ring (bicyclic) bond motifs is 6. The van der Waals surface area contributed by atoms with E-state index in [9.17, 15) is 25.5 Å². The van der Waals surface area contributed by atoms with Crippen LogP contribution < -0.4 is 5.46 Å². The Kier molecular flexibility index (Phi) is 4.22. The molecule has 0 unspecified atom stereocenters. The number of hydrogen-bond donors (Lipinski definition) is 5. The summed E-state index contributed by atoms with van der Waals surface area (Å²) in [6.07, 6.45) is 5.45. The van der Waals surface area contributed by atoms with Crippen LogP contribution in [0.4, 0.5) is 0 Å². The van der Waals surface area contributed by atoms with E-state index in [0.29, 0.717) is 39.5 Å². The molecule has 1 aliphatic carbocycles. The summed E-state index contributed by atoms with van der Waals surface area (Å²) in [7, 11) is 8.07. The molecule has 0 spiro atoms. The van der Waals surface area contributed by atoms with Crippen molar-refractivity contribution in [2.45, 2.75) is 26.7 Å². The van der Waals surface area contributed by atoms with E-state index < -0.39 is 0 Å². The molecule has 3 aromatic carbocycles. The summed E-state index contributed by atoms with van der Waals surface area (Å²) in [5, 5.41) is 55.5. The van der Waals surface area contributed by atoms with E-state index in [1.54, 1.807) is 13.8 Å². The number of benzene rings is 3. The number of aromatic nitrogens is 2. The van der Waals surface area contributed by atoms with Gasteiger partial charge in [-0.2, -0.15) is 0 Å². The SMILES string of the molecule is [B]c1c(O)c(C)c(O)c2c1c1ccc(-n3c4c(c5c(O)c(C)c(O)c(O)c53)C=CCC4)cc1n2C. The molecule has 5 aromatic rings. The minimum atomic E-state index is -0.357. The molecule has 2 radical (unpaired) electrons. The third-order valence-corrected chi connectivity index (χ3v) is 7.44. The van der Waals surface area contributed by atoms with Gasteiger partial charge in [-0.25, -0.2) is 0 Å². The maximum atomic E-state index is 11.0. The lowest BCUT2D eigenvalue weighted by molar-refractivity contribution is 0.397. The number of rotatable bonds is 1. The Labute approximate surface area is 201 Å². The molecule has 35 heavy (non-hydrogen) atoms. The number of phenols is 5. The maximum absolute atomic E-state index is 11.0. The molecular weight excluding hydrogens is 443 g/mol. The second kappa shape index (κ2) is 6.91. The summed E-state index contributed by atoms with van der Waals surface area (Å²) in [5.74, 6) is -0.896. The molecule has 0 saturated carbocycles. The molecule has 7 nitrogen and oxygen atoms in total. The topological polar surface area (TPSA) is 111 Å². The van der Waals surface area contributed by atoms with Gasteiger partial charge in [0.2, 0.25) is 0 Å². The summed E-state index contributed by atoms with van der Waals surface area (Å²) in [4.78, 5) is 0. The molecule has 0 saturated heterocycles. The summed E-state index contributed by atoms with van der Waals surface area (Å²) >= 11 is 0. The van der Waals surface area contributed by atoms with E-state index in [1.165, 1.54) is 0 Å². The van der Waals surface area contributed by atoms with E-state index in [4.69, 9.17) is 7.85 Å². The molecule has 0 amide bonds. The predicted molar refractivity (Wildman–Crippen MR) is 138 cm³/mol. The molecule has 174 valence electrons. The zero-order valence-corrected chi connectivity index (χ0v) is 19.5. The summed E-state index contributed by atoms with van der Waals surface area (Å²) < 4.78 is 3.69. The Balaban J connectivity index is 1.76. The monoisotopic (exact) mass is 466 g/mol. The second-order valence-electron chi connectivity index (χ2n) is 9.25. The molecule has 0 atom stereocenters. The van der Waals surface area contributed by atoms with Crippen LogP contribution in [0, 0.1) is 13.8 Å². The van der Waals surface area contributed by atoms with Crippen LogP contribution in [0.1, 0.15) is 28.8 Å². The van der Waals surface area contributed by atoms with Crippen LogP contribution in [-0.4, -0.2) is 42.5 Å². The molecule has 6 rings (SSSR count). The van der Waals surface area contributed by atoms with E-state index >= 15 is 0 Å². The van der Waals surface area contributed by atoms with Gasteiger partial charge in [0.25, 0.3) is 0 Å². The summed E-state index contributed by atoms with van der Waals surface area (Å²) in [5.41, 5.74) is 4.76. The third kappa shape index (κ3) is 2.51. The average molecular weight is 466 g/mol. The van der Waals surface area contributed by atoms with Crippen molar-refractivity contribution < 1.29 is 25.5 Å². The van der Waals surface area contributed by atoms with Gasteiger partial charge in [-0.1, -0.05) is 18.2 Å². The minimum absolute atomic E-state index is 0.0381. The number of allylic oxidation sites excluding steroid dienone is 1. The highest BCUT2D eigenvalue weighted by Gasteiger charge is 2.28. The lowest BCUT2D eigenvalue weighted by Gasteiger charge is -2.15. The Morgan fingerprint density at radius 3 is 2.29 bits per heavy atom. The van der Waals surface area contributed by atoms with Crippen LogP contribution in [0.15, 0.2) is 24.3 Å². The van der Waals surface area contributed by atoms with E-state index in [0.717, 1.165) is 28.6 Å². The highest BCUT2D eigenvalue weighted by molar-refractivity contribution is 6.44. The highest BCUT2D eigenvalue weighted by atomic mass is 16.3. The van der Waals surface area contributed by atoms with Crippen molar-refractivity contribution in [1.82, 2.24) is 9.13 Å². The fraction of sp³-hybridized carbons (Fsp3) is 0.185. The molecule has 8 heteroatoms. The minimum Gasteiger partial charge on any atom is -0.508 e. The zero-order valence-electron chi connectivity index (χ0n) is 19.5. The standard InChI is InChI=1S/C27H23BN2O5/c1-11-23(31)19-14-6-4-5-7-16(14)30(22(19)27(35)26(11)34)13-8-9-15-17(10-13)29(3)21-18(15)20(28)24(32)12(2)25(21)33/h4,6,8-10,31-35H,5,7H2,1-3H3. The predicted octanol–water partition coefficient (Wildman–Crippen LogP) is 4.17. The van der Waals surface area contributed by atoms with Gasteiger partial charge in [-0.3, -0.25) is 0 Å². The second-order valence-corrected chi connectivity index (χ2v) is 9.25. The van der Waals surface area contributed by atoms with Gasteiger partial charge in [0.05, 0.1) is 16.4 Å². The maximum Gasteiger partial charge on any atom is 0.183 e. The van der Waals surface area contributed by atoms with E-state index in [-0.39, 0.29) is 39.8 Å². The van der Waals surface area contributed by atoms with Crippen molar-refractivity contribution >= 4 is 52.1 Å². The average Bonchev–Trinajstić information content (AvgIpc) is 3.36. The fourth-order valence-corrected chi connectivity index (χ4v) is 5.55. The zero-order chi connectivity index (χ0) is 24.9. The van der Waals surface area contributed by atoms with Gasteiger partial charge in [-0.15, -0.1) is 0 Å². The van der Waals surface area contributed by atoms with Crippen molar-refractivity contribution in [3.8, 4) is 34.4 Å². The van der Waals surface area contributed by atoms with Crippen LogP contribution in [0.25, 0.3) is 44.5 Å². The van der Waals surface area contributed by atoms with Crippen molar-refractivity contribution in [2.75, 3.05) is 0 Å². The first kappa shape index (κ1) is 21.3. The molecular formula is C27H23BN2O5. The number of phenolic OH excluding ortho intramolecular Hbond substituents is 5. The Bertz CT molecular complexity index is 1790. The van der Waals surface area contributed by atoms with Gasteiger partial charge in [-0.05, 0) is 44.3 Å². The molecule has 1 aliphatic rings. The number of aromatic hydroxyl groups is 5. The lowest BCUT2D eigenvalue weighted by Crippen LogP contribution is -2.06. The first-order valence-electron chi connectivity index (χ1n) is 11.3. The van der Waals surface area contributed by atoms with Crippen LogP contribution in [0.2, 0.25) is 0 Å². The molecule has 0 bridgehead atoms. The quantitative estimate of drug-likeness (QED) is 0.145. The van der Waals surface area contributed by atoms with Crippen LogP contribution in [-0.2, 0) is 13.5 Å². The summed E-state index contributed by atoms with van der Waals surface area (Å²) in [6, 6.07) is 5.63. The van der Waals surface area contributed by atoms with Crippen molar-refractivity contribution in [2.24, 2.45) is 7.05 Å². The van der Waals surface area contributed by atoms with Gasteiger partial charge in [0.1, 0.15) is 30.6 Å². The smallest absolute Gasteiger partial charge is 0.183 e. The van der Waals surface area contributed by atoms with Crippen LogP contribution in [0.3, 0.4) is 0 Å². The van der Waals surface area contributed by atoms with Crippen molar-refractivity contribution in [3.63, 3.8) is 0 Å². The molecule has 0 aliphatic heterocycles. The summed E-state index contributed by atoms with van der Waals surface area (Å²) in [6.45, 7) is 3.18. The first-order chi connectivity index (χ1) is 16.6. The van der Waals surface area contributed by atoms with Gasteiger partial charge < -0.3 is 34.7 Å². The third-order valence-electron chi connectivity index (χ3n) is 7.44. The van der Waals surface area contributed by atoms with Crippen LogP contribution in [0.5, 0.6) is 28.7 Å². The van der Waals surface area contributed by atoms with Crippen molar-refractivity contribution in [3.05, 3.63) is 46.7 Å². The van der Waals surface area contributed by atoms with Crippen molar-refractivity contribution in [1.29, 1.82) is 0 Å². The Morgan fingerprint density at radius 2 is 1.54 bits per heavy atom. The fourth-order valence-electron chi connectivity index (χ4n) is 5.55. The van der Waals surface area contributed by atoms with Gasteiger partial charge in [0, 0.05) is 45.9 Å². The largest absolute Gasteiger partial charge is 0.508 e. The molecule has 0 fully saturated rings. The number of hydrogen-bond acceptors (Lipinski definition) is 5. The van der Waals surface area contributed by atoms with E-state index in [1.807, 2.05) is 46.5 Å². The number of aryl methyl sites for hydroxylation is 1. The van der Waals surface area contributed by atoms with Gasteiger partial charge in [0.15, 0.2) is 11.5 Å².